The van der Waals surface area contributed by atoms with Crippen LogP contribution in [-0.2, 0) is 9.47 Å². The van der Waals surface area contributed by atoms with E-state index in [4.69, 9.17) is 37.4 Å². The molecule has 1 aromatic rings. The summed E-state index contributed by atoms with van der Waals surface area (Å²) in [6.45, 7) is 0.905. The van der Waals surface area contributed by atoms with E-state index in [2.05, 4.69) is 0 Å². The molecule has 0 spiro atoms. The molecule has 19 heavy (non-hydrogen) atoms. The molecule has 0 bridgehead atoms. The molecular weight excluding hydrogens is 294 g/mol. The first-order chi connectivity index (χ1) is 9.13. The number of hydrogen-bond acceptors (Lipinski definition) is 3. The second kappa shape index (κ2) is 6.75. The Morgan fingerprint density at radius 2 is 2.16 bits per heavy atom. The lowest BCUT2D eigenvalue weighted by Gasteiger charge is -2.40. The van der Waals surface area contributed by atoms with Crippen molar-refractivity contribution in [3.63, 3.8) is 0 Å². The van der Waals surface area contributed by atoms with E-state index >= 15 is 0 Å². The maximum absolute atomic E-state index is 13.6. The van der Waals surface area contributed by atoms with Gasteiger partial charge in [-0.2, -0.15) is 0 Å². The molecule has 106 valence electrons. The fraction of sp³-hybridized carbons (Fsp3) is 0.538. The number of benzene rings is 1. The van der Waals surface area contributed by atoms with Crippen molar-refractivity contribution in [1.82, 2.24) is 0 Å². The predicted octanol–water partition coefficient (Wildman–Crippen LogP) is 3.27. The van der Waals surface area contributed by atoms with Gasteiger partial charge in [0.25, 0.3) is 0 Å². The second-order valence-corrected chi connectivity index (χ2v) is 5.25. The Morgan fingerprint density at radius 3 is 2.79 bits per heavy atom. The average molecular weight is 309 g/mol. The van der Waals surface area contributed by atoms with E-state index in [0.717, 1.165) is 0 Å². The fourth-order valence-electron chi connectivity index (χ4n) is 1.87. The Balaban J connectivity index is 1.95. The van der Waals surface area contributed by atoms with Crippen LogP contribution in [0.5, 0.6) is 5.75 Å². The number of hydrogen-bond donors (Lipinski definition) is 0. The molecule has 0 amide bonds. The van der Waals surface area contributed by atoms with E-state index in [0.29, 0.717) is 19.6 Å². The molecule has 3 unspecified atom stereocenters. The molecule has 0 N–H and O–H groups in total. The highest BCUT2D eigenvalue weighted by Crippen LogP contribution is 2.36. The van der Waals surface area contributed by atoms with Crippen molar-refractivity contribution < 1.29 is 18.6 Å². The molecule has 3 nitrogen and oxygen atoms in total. The zero-order valence-electron chi connectivity index (χ0n) is 10.4. The van der Waals surface area contributed by atoms with Crippen LogP contribution in [0.25, 0.3) is 0 Å². The van der Waals surface area contributed by atoms with Crippen LogP contribution in [-0.4, -0.2) is 37.9 Å². The minimum atomic E-state index is -0.485. The van der Waals surface area contributed by atoms with Gasteiger partial charge in [0, 0.05) is 13.5 Å². The quantitative estimate of drug-likeness (QED) is 0.596. The number of alkyl halides is 1. The summed E-state index contributed by atoms with van der Waals surface area (Å²) < 4.78 is 29.6. The summed E-state index contributed by atoms with van der Waals surface area (Å²) in [5.74, 6) is -0.431. The highest BCUT2D eigenvalue weighted by Gasteiger charge is 2.43. The molecule has 1 saturated carbocycles. The monoisotopic (exact) mass is 308 g/mol. The summed E-state index contributed by atoms with van der Waals surface area (Å²) in [6.07, 6.45) is 0.0467. The lowest BCUT2D eigenvalue weighted by atomic mass is 9.91. The minimum Gasteiger partial charge on any atom is -0.483 e. The molecule has 6 heteroatoms. The van der Waals surface area contributed by atoms with Gasteiger partial charge in [-0.1, -0.05) is 17.7 Å². The van der Waals surface area contributed by atoms with Crippen LogP contribution in [0.4, 0.5) is 4.39 Å². The molecular formula is C13H15Cl2FO3. The summed E-state index contributed by atoms with van der Waals surface area (Å²) in [7, 11) is 1.59. The maximum atomic E-state index is 13.6. The van der Waals surface area contributed by atoms with Crippen molar-refractivity contribution in [2.24, 2.45) is 0 Å². The molecule has 0 radical (unpaired) electrons. The fourth-order valence-corrected chi connectivity index (χ4v) is 2.49. The third-order valence-electron chi connectivity index (χ3n) is 2.97. The highest BCUT2D eigenvalue weighted by atomic mass is 35.5. The summed E-state index contributed by atoms with van der Waals surface area (Å²) in [5, 5.41) is 0.112. The number of methoxy groups -OCH3 is 1. The third-order valence-corrected chi connectivity index (χ3v) is 3.69. The Labute approximate surface area is 121 Å². The minimum absolute atomic E-state index is 0.0538. The predicted molar refractivity (Wildman–Crippen MR) is 71.7 cm³/mol. The van der Waals surface area contributed by atoms with Crippen LogP contribution >= 0.6 is 23.2 Å². The number of para-hydroxylation sites is 1. The normalized spacial score (nSPS) is 26.0. The first-order valence-electron chi connectivity index (χ1n) is 5.98. The van der Waals surface area contributed by atoms with Gasteiger partial charge in [-0.05, 0) is 12.1 Å². The van der Waals surface area contributed by atoms with Gasteiger partial charge in [-0.15, -0.1) is 11.6 Å². The van der Waals surface area contributed by atoms with Gasteiger partial charge < -0.3 is 14.2 Å². The lowest BCUT2D eigenvalue weighted by molar-refractivity contribution is -0.0906. The summed E-state index contributed by atoms with van der Waals surface area (Å²) in [5.41, 5.74) is 0. The van der Waals surface area contributed by atoms with Crippen molar-refractivity contribution in [1.29, 1.82) is 0 Å². The van der Waals surface area contributed by atoms with Gasteiger partial charge in [-0.3, -0.25) is 0 Å². The average Bonchev–Trinajstić information content (AvgIpc) is 2.37. The largest absolute Gasteiger partial charge is 0.483 e. The van der Waals surface area contributed by atoms with E-state index in [1.165, 1.54) is 12.1 Å². The van der Waals surface area contributed by atoms with Crippen LogP contribution in [0.15, 0.2) is 18.2 Å². The summed E-state index contributed by atoms with van der Waals surface area (Å²) in [6, 6.07) is 4.42. The topological polar surface area (TPSA) is 27.7 Å². The first kappa shape index (κ1) is 14.9. The molecule has 0 heterocycles. The molecule has 0 aliphatic heterocycles. The Morgan fingerprint density at radius 1 is 1.37 bits per heavy atom. The second-order valence-electron chi connectivity index (χ2n) is 4.29. The van der Waals surface area contributed by atoms with E-state index in [1.54, 1.807) is 13.2 Å². The first-order valence-corrected chi connectivity index (χ1v) is 6.80. The van der Waals surface area contributed by atoms with Crippen molar-refractivity contribution >= 4 is 23.2 Å². The Hall–Kier alpha value is -0.550. The number of rotatable bonds is 6. The van der Waals surface area contributed by atoms with Gasteiger partial charge in [0.2, 0.25) is 0 Å². The molecule has 0 saturated heterocycles. The summed E-state index contributed by atoms with van der Waals surface area (Å²) in [4.78, 5) is 0. The van der Waals surface area contributed by atoms with Crippen LogP contribution in [0.2, 0.25) is 5.02 Å². The third kappa shape index (κ3) is 3.51. The van der Waals surface area contributed by atoms with Gasteiger partial charge >= 0.3 is 0 Å². The van der Waals surface area contributed by atoms with E-state index in [1.807, 2.05) is 0 Å². The molecule has 2 rings (SSSR count). The smallest absolute Gasteiger partial charge is 0.174 e. The molecule has 1 aliphatic rings. The SMILES string of the molecule is COCCOC1C(Cl)CC1Oc1c(F)cccc1Cl. The van der Waals surface area contributed by atoms with E-state index < -0.39 is 5.82 Å². The number of ether oxygens (including phenoxy) is 3. The van der Waals surface area contributed by atoms with E-state index in [-0.39, 0.29) is 28.4 Å². The van der Waals surface area contributed by atoms with Crippen molar-refractivity contribution in [3.8, 4) is 5.75 Å². The zero-order valence-corrected chi connectivity index (χ0v) is 12.0. The number of halogens is 3. The summed E-state index contributed by atoms with van der Waals surface area (Å²) >= 11 is 12.0. The highest BCUT2D eigenvalue weighted by molar-refractivity contribution is 6.32. The Bertz CT molecular complexity index is 410. The zero-order chi connectivity index (χ0) is 13.8. The standard InChI is InChI=1S/C13H15Cl2FO3/c1-17-5-6-18-13-9(15)7-11(13)19-12-8(14)3-2-4-10(12)16/h2-4,9,11,13H,5-7H2,1H3. The van der Waals surface area contributed by atoms with Crippen molar-refractivity contribution in [3.05, 3.63) is 29.0 Å². The molecule has 0 aromatic heterocycles. The van der Waals surface area contributed by atoms with Crippen molar-refractivity contribution in [2.45, 2.75) is 24.0 Å². The van der Waals surface area contributed by atoms with Gasteiger partial charge in [0.1, 0.15) is 12.2 Å². The van der Waals surface area contributed by atoms with Crippen molar-refractivity contribution in [2.75, 3.05) is 20.3 Å². The van der Waals surface area contributed by atoms with Gasteiger partial charge in [-0.25, -0.2) is 4.39 Å². The van der Waals surface area contributed by atoms with Crippen LogP contribution in [0.1, 0.15) is 6.42 Å². The molecule has 1 aliphatic carbocycles. The maximum Gasteiger partial charge on any atom is 0.174 e. The molecule has 1 aromatic carbocycles. The lowest BCUT2D eigenvalue weighted by Crippen LogP contribution is -2.53. The van der Waals surface area contributed by atoms with Gasteiger partial charge in [0.15, 0.2) is 11.6 Å². The van der Waals surface area contributed by atoms with E-state index in [9.17, 15) is 4.39 Å². The van der Waals surface area contributed by atoms with Crippen LogP contribution in [0.3, 0.4) is 0 Å². The Kier molecular flexibility index (Phi) is 5.28. The molecule has 1 fully saturated rings. The molecule has 3 atom stereocenters. The van der Waals surface area contributed by atoms with Crippen LogP contribution < -0.4 is 4.74 Å². The van der Waals surface area contributed by atoms with Gasteiger partial charge in [0.05, 0.1) is 23.6 Å². The van der Waals surface area contributed by atoms with Crippen LogP contribution in [0, 0.1) is 5.82 Å².